The van der Waals surface area contributed by atoms with Crippen molar-refractivity contribution >= 4 is 17.7 Å². The van der Waals surface area contributed by atoms with Crippen molar-refractivity contribution in [1.82, 2.24) is 5.32 Å². The van der Waals surface area contributed by atoms with Crippen LogP contribution in [0.2, 0.25) is 0 Å². The fourth-order valence-corrected chi connectivity index (χ4v) is 3.02. The van der Waals surface area contributed by atoms with Gasteiger partial charge in [0.15, 0.2) is 0 Å². The molecule has 0 aliphatic rings. The van der Waals surface area contributed by atoms with E-state index in [0.29, 0.717) is 6.54 Å². The number of nitrogens with one attached hydrogen (secondary N) is 1. The van der Waals surface area contributed by atoms with Gasteiger partial charge in [-0.1, -0.05) is 42.0 Å². The van der Waals surface area contributed by atoms with E-state index in [1.807, 2.05) is 43.8 Å². The van der Waals surface area contributed by atoms with E-state index in [4.69, 9.17) is 0 Å². The number of hydrogen-bond donors (Lipinski definition) is 1. The quantitative estimate of drug-likeness (QED) is 0.807. The van der Waals surface area contributed by atoms with E-state index in [2.05, 4.69) is 36.5 Å². The maximum absolute atomic E-state index is 12.2. The molecule has 0 aromatic heterocycles. The fourth-order valence-electron chi connectivity index (χ4n) is 2.20. The van der Waals surface area contributed by atoms with Crippen molar-refractivity contribution in [3.63, 3.8) is 0 Å². The Kier molecular flexibility index (Phi) is 6.08. The third-order valence-corrected chi connectivity index (χ3v) is 4.80. The summed E-state index contributed by atoms with van der Waals surface area (Å²) in [7, 11) is 0. The minimum Gasteiger partial charge on any atom is -0.351 e. The van der Waals surface area contributed by atoms with Crippen molar-refractivity contribution in [2.75, 3.05) is 12.3 Å². The van der Waals surface area contributed by atoms with Gasteiger partial charge in [0.05, 0.1) is 0 Å². The number of carbonyl (C=O) groups excluding carboxylic acids is 1. The van der Waals surface area contributed by atoms with Gasteiger partial charge in [-0.05, 0) is 43.5 Å². The van der Waals surface area contributed by atoms with Crippen LogP contribution in [0.5, 0.6) is 0 Å². The van der Waals surface area contributed by atoms with Crippen LogP contribution in [0.1, 0.15) is 32.6 Å². The summed E-state index contributed by atoms with van der Waals surface area (Å²) in [6.45, 7) is 6.82. The van der Waals surface area contributed by atoms with Crippen LogP contribution in [0.15, 0.2) is 42.5 Å². The SMILES string of the molecule is Cc1ccc(CSCCNC(=O)c2cccc(C)c2C)cc1. The van der Waals surface area contributed by atoms with Gasteiger partial charge in [-0.15, -0.1) is 0 Å². The van der Waals surface area contributed by atoms with Crippen LogP contribution in [0.4, 0.5) is 0 Å². The maximum Gasteiger partial charge on any atom is 0.251 e. The molecule has 2 aromatic rings. The van der Waals surface area contributed by atoms with Crippen LogP contribution in [-0.2, 0) is 5.75 Å². The molecule has 22 heavy (non-hydrogen) atoms. The minimum absolute atomic E-state index is 0.0251. The molecule has 3 heteroatoms. The molecule has 116 valence electrons. The molecule has 0 aliphatic carbocycles. The largest absolute Gasteiger partial charge is 0.351 e. The lowest BCUT2D eigenvalue weighted by Crippen LogP contribution is -2.26. The number of amides is 1. The molecule has 0 saturated heterocycles. The van der Waals surface area contributed by atoms with Crippen molar-refractivity contribution in [2.24, 2.45) is 0 Å². The van der Waals surface area contributed by atoms with Crippen molar-refractivity contribution < 1.29 is 4.79 Å². The van der Waals surface area contributed by atoms with Crippen molar-refractivity contribution in [3.05, 3.63) is 70.3 Å². The lowest BCUT2D eigenvalue weighted by atomic mass is 10.0. The third-order valence-electron chi connectivity index (χ3n) is 3.77. The Labute approximate surface area is 137 Å². The number of benzene rings is 2. The first kappa shape index (κ1) is 16.6. The summed E-state index contributed by atoms with van der Waals surface area (Å²) >= 11 is 1.84. The van der Waals surface area contributed by atoms with Gasteiger partial charge in [0.25, 0.3) is 5.91 Å². The van der Waals surface area contributed by atoms with Crippen LogP contribution in [0.25, 0.3) is 0 Å². The van der Waals surface area contributed by atoms with E-state index in [1.165, 1.54) is 11.1 Å². The molecule has 0 atom stereocenters. The van der Waals surface area contributed by atoms with Crippen LogP contribution in [-0.4, -0.2) is 18.2 Å². The van der Waals surface area contributed by atoms with Crippen LogP contribution in [0.3, 0.4) is 0 Å². The van der Waals surface area contributed by atoms with Crippen molar-refractivity contribution in [3.8, 4) is 0 Å². The zero-order valence-electron chi connectivity index (χ0n) is 13.5. The number of aryl methyl sites for hydroxylation is 2. The predicted octanol–water partition coefficient (Wildman–Crippen LogP) is 4.28. The van der Waals surface area contributed by atoms with Crippen LogP contribution >= 0.6 is 11.8 Å². The zero-order valence-corrected chi connectivity index (χ0v) is 14.3. The molecule has 2 nitrogen and oxygen atoms in total. The molecule has 2 rings (SSSR count). The second-order valence-electron chi connectivity index (χ2n) is 5.54. The Morgan fingerprint density at radius 3 is 2.50 bits per heavy atom. The number of carbonyl (C=O) groups is 1. The summed E-state index contributed by atoms with van der Waals surface area (Å²) in [6, 6.07) is 14.5. The van der Waals surface area contributed by atoms with Gasteiger partial charge in [0.2, 0.25) is 0 Å². The Hall–Kier alpha value is -1.74. The second kappa shape index (κ2) is 8.04. The molecule has 1 amide bonds. The summed E-state index contributed by atoms with van der Waals surface area (Å²) in [5.41, 5.74) is 5.61. The molecule has 0 unspecified atom stereocenters. The topological polar surface area (TPSA) is 29.1 Å². The highest BCUT2D eigenvalue weighted by Crippen LogP contribution is 2.14. The van der Waals surface area contributed by atoms with Gasteiger partial charge in [-0.2, -0.15) is 11.8 Å². The lowest BCUT2D eigenvalue weighted by Gasteiger charge is -2.09. The standard InChI is InChI=1S/C19H23NOS/c1-14-7-9-17(10-8-14)13-22-12-11-20-19(21)18-6-4-5-15(2)16(18)3/h4-10H,11-13H2,1-3H3,(H,20,21). The van der Waals surface area contributed by atoms with E-state index in [1.54, 1.807) is 0 Å². The Bertz CT molecular complexity index is 634. The van der Waals surface area contributed by atoms with E-state index >= 15 is 0 Å². The van der Waals surface area contributed by atoms with Gasteiger partial charge < -0.3 is 5.32 Å². The molecule has 2 aromatic carbocycles. The number of hydrogen-bond acceptors (Lipinski definition) is 2. The molecule has 0 radical (unpaired) electrons. The van der Waals surface area contributed by atoms with E-state index < -0.39 is 0 Å². The highest BCUT2D eigenvalue weighted by Gasteiger charge is 2.09. The molecule has 1 N–H and O–H groups in total. The van der Waals surface area contributed by atoms with E-state index in [0.717, 1.165) is 28.2 Å². The molecular formula is C19H23NOS. The monoisotopic (exact) mass is 313 g/mol. The number of rotatable bonds is 6. The molecule has 0 bridgehead atoms. The average Bonchev–Trinajstić information content (AvgIpc) is 2.51. The second-order valence-corrected chi connectivity index (χ2v) is 6.65. The molecule has 0 heterocycles. The highest BCUT2D eigenvalue weighted by atomic mass is 32.2. The fraction of sp³-hybridized carbons (Fsp3) is 0.316. The Morgan fingerprint density at radius 2 is 1.77 bits per heavy atom. The van der Waals surface area contributed by atoms with E-state index in [-0.39, 0.29) is 5.91 Å². The predicted molar refractivity (Wildman–Crippen MR) is 95.6 cm³/mol. The summed E-state index contributed by atoms with van der Waals surface area (Å²) in [6.07, 6.45) is 0. The summed E-state index contributed by atoms with van der Waals surface area (Å²) < 4.78 is 0. The van der Waals surface area contributed by atoms with Crippen LogP contribution in [0, 0.1) is 20.8 Å². The normalized spacial score (nSPS) is 10.5. The van der Waals surface area contributed by atoms with Gasteiger partial charge in [0, 0.05) is 23.6 Å². The van der Waals surface area contributed by atoms with Crippen molar-refractivity contribution in [2.45, 2.75) is 26.5 Å². The first-order valence-corrected chi connectivity index (χ1v) is 8.71. The zero-order chi connectivity index (χ0) is 15.9. The minimum atomic E-state index is 0.0251. The van der Waals surface area contributed by atoms with Crippen LogP contribution < -0.4 is 5.32 Å². The first-order chi connectivity index (χ1) is 10.6. The number of thioether (sulfide) groups is 1. The van der Waals surface area contributed by atoms with Gasteiger partial charge in [0.1, 0.15) is 0 Å². The summed E-state index contributed by atoms with van der Waals surface area (Å²) in [5, 5.41) is 3.00. The average molecular weight is 313 g/mol. The van der Waals surface area contributed by atoms with Crippen molar-refractivity contribution in [1.29, 1.82) is 0 Å². The molecule has 0 saturated carbocycles. The third kappa shape index (κ3) is 4.63. The smallest absolute Gasteiger partial charge is 0.251 e. The molecule has 0 fully saturated rings. The Balaban J connectivity index is 1.73. The molecule has 0 aliphatic heterocycles. The summed E-state index contributed by atoms with van der Waals surface area (Å²) in [5.74, 6) is 1.93. The molecule has 0 spiro atoms. The van der Waals surface area contributed by atoms with Gasteiger partial charge in [-0.3, -0.25) is 4.79 Å². The molecular weight excluding hydrogens is 290 g/mol. The highest BCUT2D eigenvalue weighted by molar-refractivity contribution is 7.98. The van der Waals surface area contributed by atoms with E-state index in [9.17, 15) is 4.79 Å². The summed E-state index contributed by atoms with van der Waals surface area (Å²) in [4.78, 5) is 12.2. The van der Waals surface area contributed by atoms with Gasteiger partial charge >= 0.3 is 0 Å². The lowest BCUT2D eigenvalue weighted by molar-refractivity contribution is 0.0955. The van der Waals surface area contributed by atoms with Gasteiger partial charge in [-0.25, -0.2) is 0 Å². The maximum atomic E-state index is 12.2. The Morgan fingerprint density at radius 1 is 1.05 bits per heavy atom. The first-order valence-electron chi connectivity index (χ1n) is 7.55.